The van der Waals surface area contributed by atoms with Gasteiger partial charge in [-0.05, 0) is 71.2 Å². The first-order chi connectivity index (χ1) is 14.6. The van der Waals surface area contributed by atoms with Gasteiger partial charge in [-0.25, -0.2) is 0 Å². The third-order valence-electron chi connectivity index (χ3n) is 5.05. The molecule has 0 spiro atoms. The van der Waals surface area contributed by atoms with Gasteiger partial charge in [0.1, 0.15) is 0 Å². The molecule has 0 unspecified atom stereocenters. The van der Waals surface area contributed by atoms with Crippen molar-refractivity contribution in [2.24, 2.45) is 0 Å². The molecule has 0 radical (unpaired) electrons. The highest BCUT2D eigenvalue weighted by molar-refractivity contribution is 7.98. The van der Waals surface area contributed by atoms with Crippen LogP contribution in [0, 0.1) is 0 Å². The largest absolute Gasteiger partial charge is 0.333 e. The topological polar surface area (TPSA) is 49.4 Å². The van der Waals surface area contributed by atoms with Crippen LogP contribution in [0.15, 0.2) is 70.9 Å². The van der Waals surface area contributed by atoms with Crippen molar-refractivity contribution in [3.8, 4) is 0 Å². The second-order valence-electron chi connectivity index (χ2n) is 7.03. The summed E-state index contributed by atoms with van der Waals surface area (Å²) in [6, 6.07) is 17.8. The molecule has 0 saturated carbocycles. The predicted octanol–water partition coefficient (Wildman–Crippen LogP) is 5.32. The highest BCUT2D eigenvalue weighted by atomic mass is 32.2. The van der Waals surface area contributed by atoms with E-state index >= 15 is 0 Å². The van der Waals surface area contributed by atoms with Gasteiger partial charge in [-0.3, -0.25) is 9.59 Å². The number of hydrogen-bond donors (Lipinski definition) is 1. The van der Waals surface area contributed by atoms with E-state index in [1.54, 1.807) is 23.9 Å². The van der Waals surface area contributed by atoms with Gasteiger partial charge in [-0.15, -0.1) is 23.1 Å². The Kier molecular flexibility index (Phi) is 6.35. The number of thiophene rings is 1. The van der Waals surface area contributed by atoms with E-state index in [-0.39, 0.29) is 11.8 Å². The highest BCUT2D eigenvalue weighted by Crippen LogP contribution is 2.25. The number of nitrogens with zero attached hydrogens (tertiary/aromatic N) is 1. The fourth-order valence-electron chi connectivity index (χ4n) is 3.44. The van der Waals surface area contributed by atoms with Gasteiger partial charge in [0.15, 0.2) is 0 Å². The molecule has 6 heteroatoms. The zero-order chi connectivity index (χ0) is 20.9. The number of amides is 2. The lowest BCUT2D eigenvalue weighted by Gasteiger charge is -2.29. The van der Waals surface area contributed by atoms with Gasteiger partial charge in [-0.2, -0.15) is 0 Å². The van der Waals surface area contributed by atoms with Gasteiger partial charge in [-0.1, -0.05) is 24.3 Å². The fourth-order valence-corrected chi connectivity index (χ4v) is 4.53. The lowest BCUT2D eigenvalue weighted by molar-refractivity contribution is -0.111. The maximum absolute atomic E-state index is 12.6. The lowest BCUT2D eigenvalue weighted by atomic mass is 9.99. The van der Waals surface area contributed by atoms with Crippen LogP contribution < -0.4 is 5.32 Å². The van der Waals surface area contributed by atoms with Gasteiger partial charge in [0.2, 0.25) is 5.91 Å². The molecule has 0 saturated heterocycles. The monoisotopic (exact) mass is 434 g/mol. The molecule has 1 aliphatic heterocycles. The minimum absolute atomic E-state index is 0.0699. The summed E-state index contributed by atoms with van der Waals surface area (Å²) in [5.41, 5.74) is 4.04. The molecule has 1 aromatic heterocycles. The Morgan fingerprint density at radius 2 is 1.93 bits per heavy atom. The van der Waals surface area contributed by atoms with Crippen LogP contribution >= 0.6 is 23.1 Å². The quantitative estimate of drug-likeness (QED) is 0.437. The Morgan fingerprint density at radius 1 is 1.10 bits per heavy atom. The third kappa shape index (κ3) is 4.83. The minimum atomic E-state index is -0.175. The Labute approximate surface area is 184 Å². The molecule has 4 nitrogen and oxygen atoms in total. The lowest BCUT2D eigenvalue weighted by Crippen LogP contribution is -2.35. The zero-order valence-corrected chi connectivity index (χ0v) is 18.3. The standard InChI is InChI=1S/C24H22N2O2S2/c1-29-21-9-4-17(5-10-21)6-11-23(27)25-20-8-7-18-12-13-26(16-19(18)15-20)24(28)22-3-2-14-30-22/h2-11,14-15H,12-13,16H2,1H3,(H,25,27). The van der Waals surface area contributed by atoms with Crippen LogP contribution in [0.5, 0.6) is 0 Å². The summed E-state index contributed by atoms with van der Waals surface area (Å²) in [5, 5.41) is 4.85. The van der Waals surface area contributed by atoms with E-state index in [2.05, 4.69) is 5.32 Å². The molecule has 2 heterocycles. The van der Waals surface area contributed by atoms with E-state index < -0.39 is 0 Å². The number of carbonyl (C=O) groups is 2. The number of benzene rings is 2. The van der Waals surface area contributed by atoms with E-state index in [0.29, 0.717) is 13.1 Å². The van der Waals surface area contributed by atoms with E-state index in [1.807, 2.05) is 71.1 Å². The maximum atomic E-state index is 12.6. The summed E-state index contributed by atoms with van der Waals surface area (Å²) in [6.45, 7) is 1.28. The number of anilines is 1. The minimum Gasteiger partial charge on any atom is -0.333 e. The van der Waals surface area contributed by atoms with Crippen LogP contribution in [0.4, 0.5) is 5.69 Å². The van der Waals surface area contributed by atoms with E-state index in [0.717, 1.165) is 28.1 Å². The van der Waals surface area contributed by atoms with Gasteiger partial charge in [0.25, 0.3) is 5.91 Å². The third-order valence-corrected chi connectivity index (χ3v) is 6.65. The Bertz CT molecular complexity index is 1070. The van der Waals surface area contributed by atoms with E-state index in [1.165, 1.54) is 21.8 Å². The van der Waals surface area contributed by atoms with Gasteiger partial charge < -0.3 is 10.2 Å². The second kappa shape index (κ2) is 9.32. The van der Waals surface area contributed by atoms with Crippen LogP contribution in [0.25, 0.3) is 6.08 Å². The van der Waals surface area contributed by atoms with Crippen molar-refractivity contribution in [2.45, 2.75) is 17.9 Å². The molecule has 0 aliphatic carbocycles. The number of hydrogen-bond acceptors (Lipinski definition) is 4. The summed E-state index contributed by atoms with van der Waals surface area (Å²) in [5.74, 6) is -0.105. The van der Waals surface area contributed by atoms with E-state index in [9.17, 15) is 9.59 Å². The molecule has 2 aromatic carbocycles. The fraction of sp³-hybridized carbons (Fsp3) is 0.167. The van der Waals surface area contributed by atoms with Gasteiger partial charge >= 0.3 is 0 Å². The normalized spacial score (nSPS) is 13.3. The maximum Gasteiger partial charge on any atom is 0.264 e. The summed E-state index contributed by atoms with van der Waals surface area (Å²) in [4.78, 5) is 28.8. The van der Waals surface area contributed by atoms with Crippen LogP contribution in [0.2, 0.25) is 0 Å². The van der Waals surface area contributed by atoms with Crippen molar-refractivity contribution >= 4 is 46.7 Å². The number of carbonyl (C=O) groups excluding carboxylic acids is 2. The molecular formula is C24H22N2O2S2. The highest BCUT2D eigenvalue weighted by Gasteiger charge is 2.22. The predicted molar refractivity (Wildman–Crippen MR) is 125 cm³/mol. The average Bonchev–Trinajstić information content (AvgIpc) is 3.32. The van der Waals surface area contributed by atoms with E-state index in [4.69, 9.17) is 0 Å². The second-order valence-corrected chi connectivity index (χ2v) is 8.86. The molecule has 4 rings (SSSR count). The van der Waals surface area contributed by atoms with Crippen molar-refractivity contribution < 1.29 is 9.59 Å². The molecule has 152 valence electrons. The van der Waals surface area contributed by atoms with Crippen molar-refractivity contribution in [3.63, 3.8) is 0 Å². The number of nitrogens with one attached hydrogen (secondary N) is 1. The molecule has 2 amide bonds. The van der Waals surface area contributed by atoms with Gasteiger partial charge in [0.05, 0.1) is 4.88 Å². The first-order valence-electron chi connectivity index (χ1n) is 9.70. The van der Waals surface area contributed by atoms with Crippen molar-refractivity contribution in [3.05, 3.63) is 87.6 Å². The molecule has 1 aliphatic rings. The number of fused-ring (bicyclic) bond motifs is 1. The summed E-state index contributed by atoms with van der Waals surface area (Å²) >= 11 is 3.15. The molecule has 0 atom stereocenters. The SMILES string of the molecule is CSc1ccc(C=CC(=O)Nc2ccc3c(c2)CN(C(=O)c2cccs2)CC3)cc1. The molecule has 0 fully saturated rings. The first-order valence-corrected chi connectivity index (χ1v) is 11.8. The molecule has 30 heavy (non-hydrogen) atoms. The molecule has 3 aromatic rings. The van der Waals surface area contributed by atoms with Crippen molar-refractivity contribution in [1.29, 1.82) is 0 Å². The average molecular weight is 435 g/mol. The van der Waals surface area contributed by atoms with Crippen LogP contribution in [-0.4, -0.2) is 29.5 Å². The van der Waals surface area contributed by atoms with Crippen molar-refractivity contribution in [2.75, 3.05) is 18.1 Å². The smallest absolute Gasteiger partial charge is 0.264 e. The van der Waals surface area contributed by atoms with Crippen molar-refractivity contribution in [1.82, 2.24) is 4.90 Å². The Morgan fingerprint density at radius 3 is 2.67 bits per heavy atom. The van der Waals surface area contributed by atoms with Crippen LogP contribution in [0.1, 0.15) is 26.4 Å². The number of thioether (sulfide) groups is 1. The van der Waals surface area contributed by atoms with Gasteiger partial charge in [0, 0.05) is 29.7 Å². The van der Waals surface area contributed by atoms with Crippen LogP contribution in [-0.2, 0) is 17.8 Å². The molecular weight excluding hydrogens is 412 g/mol. The summed E-state index contributed by atoms with van der Waals surface area (Å²) < 4.78 is 0. The zero-order valence-electron chi connectivity index (χ0n) is 16.6. The van der Waals surface area contributed by atoms with Crippen LogP contribution in [0.3, 0.4) is 0 Å². The molecule has 1 N–H and O–H groups in total. The first kappa shape index (κ1) is 20.4. The summed E-state index contributed by atoms with van der Waals surface area (Å²) in [6.07, 6.45) is 6.21. The molecule has 0 bridgehead atoms. The summed E-state index contributed by atoms with van der Waals surface area (Å²) in [7, 11) is 0. The Balaban J connectivity index is 1.41. The number of rotatable bonds is 5. The Hall–Kier alpha value is -2.83.